The number of nitrogens with one attached hydrogen (secondary N) is 1. The largest absolute Gasteiger partial charge is 0.377 e. The second kappa shape index (κ2) is 6.83. The third kappa shape index (κ3) is 4.27. The molecule has 4 nitrogen and oxygen atoms in total. The predicted molar refractivity (Wildman–Crippen MR) is 77.9 cm³/mol. The Kier molecular flexibility index (Phi) is 5.38. The minimum absolute atomic E-state index is 0.00494. The molecule has 0 spiro atoms. The zero-order chi connectivity index (χ0) is 13.7. The van der Waals surface area contributed by atoms with Crippen LogP contribution in [-0.4, -0.2) is 27.7 Å². The van der Waals surface area contributed by atoms with Crippen LogP contribution in [0.25, 0.3) is 0 Å². The van der Waals surface area contributed by atoms with Crippen molar-refractivity contribution in [1.82, 2.24) is 4.72 Å². The Labute approximate surface area is 122 Å². The molecule has 1 atom stereocenters. The highest BCUT2D eigenvalue weighted by atomic mass is 79.9. The molecule has 1 aliphatic heterocycles. The van der Waals surface area contributed by atoms with Crippen molar-refractivity contribution in [3.63, 3.8) is 0 Å². The zero-order valence-electron chi connectivity index (χ0n) is 10.6. The van der Waals surface area contributed by atoms with Gasteiger partial charge in [-0.2, -0.15) is 0 Å². The molecule has 1 aromatic rings. The van der Waals surface area contributed by atoms with Crippen LogP contribution in [0.1, 0.15) is 24.8 Å². The molecule has 19 heavy (non-hydrogen) atoms. The van der Waals surface area contributed by atoms with Crippen LogP contribution in [-0.2, 0) is 20.1 Å². The van der Waals surface area contributed by atoms with Crippen LogP contribution < -0.4 is 4.72 Å². The number of ether oxygens (including phenoxy) is 1. The number of alkyl halides is 1. The van der Waals surface area contributed by atoms with Gasteiger partial charge in [-0.1, -0.05) is 28.1 Å². The van der Waals surface area contributed by atoms with Crippen LogP contribution in [0.5, 0.6) is 0 Å². The normalized spacial score (nSPS) is 20.4. The molecule has 106 valence electrons. The summed E-state index contributed by atoms with van der Waals surface area (Å²) in [5, 5.41) is 0.719. The monoisotopic (exact) mass is 347 g/mol. The van der Waals surface area contributed by atoms with E-state index in [0.717, 1.165) is 36.8 Å². The van der Waals surface area contributed by atoms with Crippen molar-refractivity contribution in [3.8, 4) is 0 Å². The molecule has 1 fully saturated rings. The van der Waals surface area contributed by atoms with E-state index in [0.29, 0.717) is 11.4 Å². The van der Waals surface area contributed by atoms with Gasteiger partial charge in [0.1, 0.15) is 0 Å². The zero-order valence-corrected chi connectivity index (χ0v) is 13.0. The third-order valence-electron chi connectivity index (χ3n) is 3.16. The first-order valence-corrected chi connectivity index (χ1v) is 8.98. The summed E-state index contributed by atoms with van der Waals surface area (Å²) in [5.41, 5.74) is 1.05. The number of hydrogen-bond acceptors (Lipinski definition) is 3. The van der Waals surface area contributed by atoms with Crippen molar-refractivity contribution in [3.05, 3.63) is 29.8 Å². The summed E-state index contributed by atoms with van der Waals surface area (Å²) in [6.45, 7) is 1.08. The molecule has 0 aliphatic carbocycles. The van der Waals surface area contributed by atoms with E-state index >= 15 is 0 Å². The average Bonchev–Trinajstić information content (AvgIpc) is 2.46. The van der Waals surface area contributed by atoms with Crippen molar-refractivity contribution in [2.45, 2.75) is 35.6 Å². The summed E-state index contributed by atoms with van der Waals surface area (Å²) >= 11 is 3.33. The molecule has 1 heterocycles. The Morgan fingerprint density at radius 1 is 1.26 bits per heavy atom. The van der Waals surface area contributed by atoms with Crippen LogP contribution in [0.4, 0.5) is 0 Å². The smallest absolute Gasteiger partial charge is 0.240 e. The number of sulfonamides is 1. The number of hydrogen-bond donors (Lipinski definition) is 1. The molecule has 0 saturated carbocycles. The second-order valence-electron chi connectivity index (χ2n) is 4.62. The molecule has 0 aromatic heterocycles. The van der Waals surface area contributed by atoms with E-state index in [4.69, 9.17) is 4.74 Å². The molecular formula is C13H18BrNO3S. The van der Waals surface area contributed by atoms with Gasteiger partial charge in [0.25, 0.3) is 0 Å². The van der Waals surface area contributed by atoms with Crippen LogP contribution in [0.2, 0.25) is 0 Å². The lowest BCUT2D eigenvalue weighted by atomic mass is 10.1. The number of benzene rings is 1. The first-order valence-electron chi connectivity index (χ1n) is 6.38. The number of halogens is 1. The van der Waals surface area contributed by atoms with Crippen LogP contribution >= 0.6 is 15.9 Å². The van der Waals surface area contributed by atoms with E-state index in [1.807, 2.05) is 0 Å². The molecule has 0 radical (unpaired) electrons. The summed E-state index contributed by atoms with van der Waals surface area (Å²) in [4.78, 5) is 0.299. The van der Waals surface area contributed by atoms with E-state index in [1.54, 1.807) is 24.3 Å². The Hall–Kier alpha value is -0.430. The molecule has 6 heteroatoms. The van der Waals surface area contributed by atoms with Gasteiger partial charge in [0.2, 0.25) is 10.0 Å². The maximum Gasteiger partial charge on any atom is 0.240 e. The van der Waals surface area contributed by atoms with Crippen molar-refractivity contribution < 1.29 is 13.2 Å². The van der Waals surface area contributed by atoms with Gasteiger partial charge in [0.15, 0.2) is 0 Å². The Morgan fingerprint density at radius 2 is 2.00 bits per heavy atom. The molecule has 1 unspecified atom stereocenters. The summed E-state index contributed by atoms with van der Waals surface area (Å²) in [7, 11) is -3.43. The first kappa shape index (κ1) is 15.0. The SMILES string of the molecule is O=S(=O)(NCC1CCCCO1)c1ccc(CBr)cc1. The fourth-order valence-electron chi connectivity index (χ4n) is 2.01. The molecule has 1 N–H and O–H groups in total. The lowest BCUT2D eigenvalue weighted by Gasteiger charge is -2.22. The van der Waals surface area contributed by atoms with E-state index in [1.165, 1.54) is 0 Å². The van der Waals surface area contributed by atoms with Gasteiger partial charge >= 0.3 is 0 Å². The van der Waals surface area contributed by atoms with Gasteiger partial charge in [-0.25, -0.2) is 13.1 Å². The fourth-order valence-corrected chi connectivity index (χ4v) is 3.45. The fraction of sp³-hybridized carbons (Fsp3) is 0.538. The van der Waals surface area contributed by atoms with Crippen molar-refractivity contribution >= 4 is 26.0 Å². The average molecular weight is 348 g/mol. The lowest BCUT2D eigenvalue weighted by molar-refractivity contribution is 0.0200. The molecular weight excluding hydrogens is 330 g/mol. The second-order valence-corrected chi connectivity index (χ2v) is 6.95. The predicted octanol–water partition coefficient (Wildman–Crippen LogP) is 2.43. The molecule has 2 rings (SSSR count). The maximum absolute atomic E-state index is 12.1. The van der Waals surface area contributed by atoms with E-state index < -0.39 is 10.0 Å². The molecule has 0 amide bonds. The summed E-state index contributed by atoms with van der Waals surface area (Å²) in [6.07, 6.45) is 3.10. The minimum atomic E-state index is -3.43. The van der Waals surface area contributed by atoms with E-state index in [2.05, 4.69) is 20.7 Å². The highest BCUT2D eigenvalue weighted by molar-refractivity contribution is 9.08. The maximum atomic E-state index is 12.1. The van der Waals surface area contributed by atoms with Crippen LogP contribution in [0, 0.1) is 0 Å². The van der Waals surface area contributed by atoms with Gasteiger partial charge in [0, 0.05) is 18.5 Å². The van der Waals surface area contributed by atoms with Gasteiger partial charge in [-0.05, 0) is 37.0 Å². The standard InChI is InChI=1S/C13H18BrNO3S/c14-9-11-4-6-13(7-5-11)19(16,17)15-10-12-3-1-2-8-18-12/h4-7,12,15H,1-3,8-10H2. The van der Waals surface area contributed by atoms with Crippen LogP contribution in [0.3, 0.4) is 0 Å². The van der Waals surface area contributed by atoms with E-state index in [9.17, 15) is 8.42 Å². The third-order valence-corrected chi connectivity index (χ3v) is 5.25. The molecule has 1 aliphatic rings. The Bertz CT molecular complexity index is 495. The first-order chi connectivity index (χ1) is 9.12. The Balaban J connectivity index is 1.96. The summed E-state index contributed by atoms with van der Waals surface area (Å²) < 4.78 is 32.3. The van der Waals surface area contributed by atoms with Gasteiger partial charge in [-0.3, -0.25) is 0 Å². The van der Waals surface area contributed by atoms with Gasteiger partial charge in [0.05, 0.1) is 11.0 Å². The van der Waals surface area contributed by atoms with Crippen molar-refractivity contribution in [1.29, 1.82) is 0 Å². The Morgan fingerprint density at radius 3 is 2.58 bits per heavy atom. The lowest BCUT2D eigenvalue weighted by Crippen LogP contribution is -2.35. The van der Waals surface area contributed by atoms with Crippen molar-refractivity contribution in [2.75, 3.05) is 13.2 Å². The number of rotatable bonds is 5. The van der Waals surface area contributed by atoms with E-state index in [-0.39, 0.29) is 6.10 Å². The summed E-state index contributed by atoms with van der Waals surface area (Å²) in [6, 6.07) is 6.86. The molecule has 1 saturated heterocycles. The van der Waals surface area contributed by atoms with Crippen LogP contribution in [0.15, 0.2) is 29.2 Å². The highest BCUT2D eigenvalue weighted by Crippen LogP contribution is 2.15. The highest BCUT2D eigenvalue weighted by Gasteiger charge is 2.19. The van der Waals surface area contributed by atoms with Gasteiger partial charge in [-0.15, -0.1) is 0 Å². The summed E-state index contributed by atoms with van der Waals surface area (Å²) in [5.74, 6) is 0. The quantitative estimate of drug-likeness (QED) is 0.832. The molecule has 1 aromatic carbocycles. The van der Waals surface area contributed by atoms with Crippen molar-refractivity contribution in [2.24, 2.45) is 0 Å². The van der Waals surface area contributed by atoms with Gasteiger partial charge < -0.3 is 4.74 Å². The minimum Gasteiger partial charge on any atom is -0.377 e. The topological polar surface area (TPSA) is 55.4 Å². The molecule has 0 bridgehead atoms.